The van der Waals surface area contributed by atoms with Gasteiger partial charge in [0, 0.05) is 19.8 Å². The van der Waals surface area contributed by atoms with Crippen LogP contribution >= 0.6 is 0 Å². The lowest BCUT2D eigenvalue weighted by Crippen LogP contribution is -2.69. The number of hydrogen-bond donors (Lipinski definition) is 0. The molecule has 106 valence electrons. The zero-order valence-electron chi connectivity index (χ0n) is 12.1. The van der Waals surface area contributed by atoms with Gasteiger partial charge < -0.3 is 13.6 Å². The van der Waals surface area contributed by atoms with Crippen LogP contribution in [-0.4, -0.2) is 39.4 Å². The van der Waals surface area contributed by atoms with E-state index in [1.54, 1.807) is 6.92 Å². The Balaban J connectivity index is 3.15. The summed E-state index contributed by atoms with van der Waals surface area (Å²) in [4.78, 5) is 12.2. The maximum absolute atomic E-state index is 12.2. The SMILES string of the molecule is CCOC1(C(C)=O)CCCC[Si]1(OCC)OCC. The highest BCUT2D eigenvalue weighted by atomic mass is 28.4. The van der Waals surface area contributed by atoms with Gasteiger partial charge in [0.05, 0.1) is 0 Å². The van der Waals surface area contributed by atoms with Crippen molar-refractivity contribution in [3.8, 4) is 0 Å². The third kappa shape index (κ3) is 2.69. The third-order valence-electron chi connectivity index (χ3n) is 3.61. The first-order chi connectivity index (χ1) is 8.58. The average molecular weight is 274 g/mol. The molecular weight excluding hydrogens is 248 g/mol. The lowest BCUT2D eigenvalue weighted by atomic mass is 10.1. The van der Waals surface area contributed by atoms with Gasteiger partial charge in [0.2, 0.25) is 0 Å². The van der Waals surface area contributed by atoms with Crippen molar-refractivity contribution in [2.24, 2.45) is 0 Å². The summed E-state index contributed by atoms with van der Waals surface area (Å²) in [5.74, 6) is 0.0672. The average Bonchev–Trinajstić information content (AvgIpc) is 2.33. The number of ether oxygens (including phenoxy) is 1. The summed E-state index contributed by atoms with van der Waals surface area (Å²) in [5, 5.41) is -0.800. The number of hydrogen-bond acceptors (Lipinski definition) is 4. The Morgan fingerprint density at radius 1 is 1.11 bits per heavy atom. The van der Waals surface area contributed by atoms with E-state index in [-0.39, 0.29) is 5.78 Å². The molecule has 0 radical (unpaired) electrons. The molecule has 4 nitrogen and oxygen atoms in total. The lowest BCUT2D eigenvalue weighted by molar-refractivity contribution is -0.139. The molecule has 1 aliphatic heterocycles. The van der Waals surface area contributed by atoms with Crippen molar-refractivity contribution in [3.05, 3.63) is 0 Å². The van der Waals surface area contributed by atoms with Crippen LogP contribution in [0, 0.1) is 0 Å². The molecule has 0 aromatic carbocycles. The highest BCUT2D eigenvalue weighted by molar-refractivity contribution is 6.74. The monoisotopic (exact) mass is 274 g/mol. The van der Waals surface area contributed by atoms with Gasteiger partial charge in [-0.25, -0.2) is 0 Å². The molecule has 0 aromatic heterocycles. The molecule has 18 heavy (non-hydrogen) atoms. The van der Waals surface area contributed by atoms with Crippen LogP contribution in [0.1, 0.15) is 47.0 Å². The van der Waals surface area contributed by atoms with Crippen molar-refractivity contribution in [3.63, 3.8) is 0 Å². The smallest absolute Gasteiger partial charge is 0.379 e. The van der Waals surface area contributed by atoms with E-state index in [4.69, 9.17) is 13.6 Å². The first-order valence-corrected chi connectivity index (χ1v) is 9.03. The Labute approximate surface area is 111 Å². The predicted molar refractivity (Wildman–Crippen MR) is 72.7 cm³/mol. The second-order valence-electron chi connectivity index (χ2n) is 4.64. The normalized spacial score (nSPS) is 27.1. The number of ketones is 1. The standard InChI is InChI=1S/C13H26O4Si/c1-5-15-13(12(4)14)10-8-9-11-18(13,16-6-2)17-7-3/h5-11H2,1-4H3. The van der Waals surface area contributed by atoms with Gasteiger partial charge in [-0.1, -0.05) is 12.8 Å². The summed E-state index contributed by atoms with van der Waals surface area (Å²) in [6, 6.07) is 0.855. The fraction of sp³-hybridized carbons (Fsp3) is 0.923. The van der Waals surface area contributed by atoms with Crippen LogP contribution in [0.15, 0.2) is 0 Å². The minimum absolute atomic E-state index is 0.0672. The molecule has 1 atom stereocenters. The maximum atomic E-state index is 12.2. The molecule has 5 heteroatoms. The van der Waals surface area contributed by atoms with Crippen LogP contribution in [0.3, 0.4) is 0 Å². The van der Waals surface area contributed by atoms with Crippen LogP contribution in [0.25, 0.3) is 0 Å². The maximum Gasteiger partial charge on any atom is 0.379 e. The molecule has 0 aromatic rings. The van der Waals surface area contributed by atoms with Gasteiger partial charge in [0.1, 0.15) is 0 Å². The van der Waals surface area contributed by atoms with Crippen molar-refractivity contribution < 1.29 is 18.4 Å². The van der Waals surface area contributed by atoms with Crippen molar-refractivity contribution in [1.29, 1.82) is 0 Å². The van der Waals surface area contributed by atoms with Crippen LogP contribution in [0.4, 0.5) is 0 Å². The van der Waals surface area contributed by atoms with Crippen molar-refractivity contribution in [2.75, 3.05) is 19.8 Å². The fourth-order valence-electron chi connectivity index (χ4n) is 2.98. The minimum Gasteiger partial charge on any atom is -0.393 e. The van der Waals surface area contributed by atoms with Gasteiger partial charge in [0.25, 0.3) is 0 Å². The second-order valence-corrected chi connectivity index (χ2v) is 8.03. The summed E-state index contributed by atoms with van der Waals surface area (Å²) >= 11 is 0. The van der Waals surface area contributed by atoms with Gasteiger partial charge in [-0.05, 0) is 40.2 Å². The van der Waals surface area contributed by atoms with Crippen LogP contribution in [0.5, 0.6) is 0 Å². The summed E-state index contributed by atoms with van der Waals surface area (Å²) in [6.07, 6.45) is 2.81. The van der Waals surface area contributed by atoms with Crippen molar-refractivity contribution in [2.45, 2.75) is 58.2 Å². The van der Waals surface area contributed by atoms with E-state index in [1.807, 2.05) is 20.8 Å². The van der Waals surface area contributed by atoms with Crippen LogP contribution in [0.2, 0.25) is 6.04 Å². The zero-order chi connectivity index (χ0) is 13.6. The quantitative estimate of drug-likeness (QED) is 0.669. The Hall–Kier alpha value is -0.233. The van der Waals surface area contributed by atoms with Crippen LogP contribution in [-0.2, 0) is 18.4 Å². The van der Waals surface area contributed by atoms with Crippen molar-refractivity contribution in [1.82, 2.24) is 0 Å². The Bertz CT molecular complexity index is 267. The number of Topliss-reactive ketones (excluding diaryl/α,β-unsaturated/α-hetero) is 1. The first kappa shape index (κ1) is 15.8. The number of carbonyl (C=O) groups is 1. The van der Waals surface area contributed by atoms with E-state index in [0.29, 0.717) is 19.8 Å². The Morgan fingerprint density at radius 3 is 2.17 bits per heavy atom. The van der Waals surface area contributed by atoms with Crippen LogP contribution < -0.4 is 0 Å². The van der Waals surface area contributed by atoms with E-state index in [9.17, 15) is 4.79 Å². The summed E-state index contributed by atoms with van der Waals surface area (Å²) in [5.41, 5.74) is 0. The summed E-state index contributed by atoms with van der Waals surface area (Å²) in [6.45, 7) is 9.13. The molecule has 0 amide bonds. The van der Waals surface area contributed by atoms with E-state index in [0.717, 1.165) is 25.3 Å². The van der Waals surface area contributed by atoms with E-state index in [2.05, 4.69) is 0 Å². The molecule has 1 saturated heterocycles. The Kier molecular flexibility index (Phi) is 5.97. The van der Waals surface area contributed by atoms with Crippen molar-refractivity contribution >= 4 is 14.3 Å². The van der Waals surface area contributed by atoms with Gasteiger partial charge >= 0.3 is 8.56 Å². The molecule has 0 bridgehead atoms. The van der Waals surface area contributed by atoms with Gasteiger partial charge in [-0.15, -0.1) is 0 Å². The van der Waals surface area contributed by atoms with E-state index < -0.39 is 13.8 Å². The zero-order valence-corrected chi connectivity index (χ0v) is 13.1. The molecule has 1 fully saturated rings. The number of carbonyl (C=O) groups excluding carboxylic acids is 1. The predicted octanol–water partition coefficient (Wildman–Crippen LogP) is 2.59. The number of rotatable bonds is 7. The largest absolute Gasteiger partial charge is 0.393 e. The third-order valence-corrected chi connectivity index (χ3v) is 8.11. The highest BCUT2D eigenvalue weighted by Crippen LogP contribution is 2.41. The van der Waals surface area contributed by atoms with Gasteiger partial charge in [-0.3, -0.25) is 4.79 Å². The topological polar surface area (TPSA) is 44.8 Å². The summed E-state index contributed by atoms with van der Waals surface area (Å²) < 4.78 is 17.9. The fourth-order valence-corrected chi connectivity index (χ4v) is 7.33. The molecular formula is C13H26O4Si. The van der Waals surface area contributed by atoms with E-state index in [1.165, 1.54) is 0 Å². The minimum atomic E-state index is -2.62. The molecule has 1 unspecified atom stereocenters. The molecule has 1 heterocycles. The molecule has 1 aliphatic rings. The van der Waals surface area contributed by atoms with Gasteiger partial charge in [-0.2, -0.15) is 0 Å². The molecule has 0 N–H and O–H groups in total. The summed E-state index contributed by atoms with van der Waals surface area (Å²) in [7, 11) is -2.62. The molecule has 0 saturated carbocycles. The van der Waals surface area contributed by atoms with Gasteiger partial charge in [0.15, 0.2) is 11.0 Å². The molecule has 0 spiro atoms. The highest BCUT2D eigenvalue weighted by Gasteiger charge is 2.63. The Morgan fingerprint density at radius 2 is 1.72 bits per heavy atom. The second kappa shape index (κ2) is 6.80. The first-order valence-electron chi connectivity index (χ1n) is 7.01. The molecule has 1 rings (SSSR count). The van der Waals surface area contributed by atoms with E-state index >= 15 is 0 Å². The lowest BCUT2D eigenvalue weighted by Gasteiger charge is -2.47. The molecule has 0 aliphatic carbocycles.